The topological polar surface area (TPSA) is 57.6 Å². The van der Waals surface area contributed by atoms with Crippen molar-refractivity contribution in [2.45, 2.75) is 20.3 Å². The molecule has 1 aromatic rings. The van der Waals surface area contributed by atoms with E-state index in [1.54, 1.807) is 17.0 Å². The molecule has 0 aliphatic carbocycles. The van der Waals surface area contributed by atoms with Crippen molar-refractivity contribution in [3.8, 4) is 0 Å². The first-order valence-corrected chi connectivity index (χ1v) is 7.05. The number of likely N-dealkylation sites (tertiary alicyclic amines) is 1. The first kappa shape index (κ1) is 14.9. The van der Waals surface area contributed by atoms with E-state index in [1.807, 2.05) is 19.9 Å². The molecule has 2 atom stereocenters. The average Bonchev–Trinajstić information content (AvgIpc) is 2.40. The number of carbonyl (C=O) groups is 2. The molecule has 1 aromatic carbocycles. The molecule has 1 heterocycles. The number of aryl methyl sites for hydroxylation is 1. The summed E-state index contributed by atoms with van der Waals surface area (Å²) < 4.78 is 0. The lowest BCUT2D eigenvalue weighted by molar-refractivity contribution is -0.143. The lowest BCUT2D eigenvalue weighted by atomic mass is 9.90. The molecule has 5 heteroatoms. The van der Waals surface area contributed by atoms with Crippen molar-refractivity contribution >= 4 is 23.5 Å². The van der Waals surface area contributed by atoms with Crippen LogP contribution < -0.4 is 0 Å². The van der Waals surface area contributed by atoms with E-state index >= 15 is 0 Å². The van der Waals surface area contributed by atoms with E-state index in [9.17, 15) is 9.59 Å². The molecule has 1 aliphatic heterocycles. The van der Waals surface area contributed by atoms with E-state index in [1.165, 1.54) is 0 Å². The minimum atomic E-state index is -0.843. The maximum Gasteiger partial charge on any atom is 0.308 e. The predicted molar refractivity (Wildman–Crippen MR) is 77.0 cm³/mol. The monoisotopic (exact) mass is 295 g/mol. The first-order valence-electron chi connectivity index (χ1n) is 6.67. The van der Waals surface area contributed by atoms with Crippen LogP contribution in [0.3, 0.4) is 0 Å². The molecule has 1 N–H and O–H groups in total. The minimum Gasteiger partial charge on any atom is -0.481 e. The highest BCUT2D eigenvalue weighted by Crippen LogP contribution is 2.26. The zero-order valence-corrected chi connectivity index (χ0v) is 12.4. The molecule has 4 nitrogen and oxygen atoms in total. The maximum absolute atomic E-state index is 12.5. The molecule has 0 spiro atoms. The number of rotatable bonds is 2. The summed E-state index contributed by atoms with van der Waals surface area (Å²) in [6, 6.07) is 5.32. The summed E-state index contributed by atoms with van der Waals surface area (Å²) in [5, 5.41) is 9.61. The van der Waals surface area contributed by atoms with Gasteiger partial charge in [-0.3, -0.25) is 9.59 Å². The van der Waals surface area contributed by atoms with Crippen LogP contribution in [0, 0.1) is 18.8 Å². The first-order chi connectivity index (χ1) is 9.40. The van der Waals surface area contributed by atoms with Gasteiger partial charge in [-0.2, -0.15) is 0 Å². The third-order valence-corrected chi connectivity index (χ3v) is 4.22. The fraction of sp³-hybridized carbons (Fsp3) is 0.467. The van der Waals surface area contributed by atoms with E-state index in [0.29, 0.717) is 23.6 Å². The molecular formula is C15H18ClNO3. The van der Waals surface area contributed by atoms with E-state index in [0.717, 1.165) is 5.56 Å². The molecule has 0 radical (unpaired) electrons. The molecule has 2 rings (SSSR count). The smallest absolute Gasteiger partial charge is 0.308 e. The number of nitrogens with zero attached hydrogens (tertiary/aromatic N) is 1. The summed E-state index contributed by atoms with van der Waals surface area (Å²) in [6.45, 7) is 4.64. The quantitative estimate of drug-likeness (QED) is 0.913. The van der Waals surface area contributed by atoms with Gasteiger partial charge in [0.05, 0.1) is 16.5 Å². The van der Waals surface area contributed by atoms with Gasteiger partial charge in [0.2, 0.25) is 0 Å². The standard InChI is InChI=1S/C15H18ClNO3/c1-9-6-11(15(19)20)8-17(7-9)14(18)12-5-3-4-10(2)13(12)16/h3-5,9,11H,6-8H2,1-2H3,(H,19,20). The van der Waals surface area contributed by atoms with E-state index in [4.69, 9.17) is 16.7 Å². The van der Waals surface area contributed by atoms with Crippen LogP contribution in [0.15, 0.2) is 18.2 Å². The number of hydrogen-bond acceptors (Lipinski definition) is 2. The van der Waals surface area contributed by atoms with Crippen molar-refractivity contribution in [1.29, 1.82) is 0 Å². The zero-order chi connectivity index (χ0) is 14.9. The van der Waals surface area contributed by atoms with Crippen molar-refractivity contribution in [2.24, 2.45) is 11.8 Å². The minimum absolute atomic E-state index is 0.178. The summed E-state index contributed by atoms with van der Waals surface area (Å²) in [5.74, 6) is -1.34. The number of piperidine rings is 1. The van der Waals surface area contributed by atoms with Crippen LogP contribution >= 0.6 is 11.6 Å². The molecule has 108 valence electrons. The van der Waals surface area contributed by atoms with E-state index in [-0.39, 0.29) is 18.4 Å². The summed E-state index contributed by atoms with van der Waals surface area (Å²) in [5.41, 5.74) is 1.29. The van der Waals surface area contributed by atoms with Crippen LogP contribution in [0.2, 0.25) is 5.02 Å². The molecule has 0 saturated carbocycles. The Morgan fingerprint density at radius 3 is 2.70 bits per heavy atom. The van der Waals surface area contributed by atoms with Crippen molar-refractivity contribution in [2.75, 3.05) is 13.1 Å². The highest BCUT2D eigenvalue weighted by molar-refractivity contribution is 6.34. The number of benzene rings is 1. The molecule has 0 bridgehead atoms. The van der Waals surface area contributed by atoms with Gasteiger partial charge in [0.1, 0.15) is 0 Å². The largest absolute Gasteiger partial charge is 0.481 e. The molecule has 1 fully saturated rings. The summed E-state index contributed by atoms with van der Waals surface area (Å²) >= 11 is 6.18. The molecule has 2 unspecified atom stereocenters. The Kier molecular flexibility index (Phi) is 4.33. The summed E-state index contributed by atoms with van der Waals surface area (Å²) in [4.78, 5) is 25.3. The van der Waals surface area contributed by atoms with Crippen LogP contribution in [0.25, 0.3) is 0 Å². The van der Waals surface area contributed by atoms with Crippen LogP contribution in [-0.2, 0) is 4.79 Å². The molecule has 1 amide bonds. The fourth-order valence-electron chi connectivity index (χ4n) is 2.68. The Balaban J connectivity index is 2.24. The van der Waals surface area contributed by atoms with Crippen molar-refractivity contribution in [1.82, 2.24) is 4.90 Å². The van der Waals surface area contributed by atoms with Crippen LogP contribution in [0.4, 0.5) is 0 Å². The van der Waals surface area contributed by atoms with Crippen LogP contribution in [-0.4, -0.2) is 35.0 Å². The Morgan fingerprint density at radius 1 is 1.35 bits per heavy atom. The number of hydrogen-bond donors (Lipinski definition) is 1. The second-order valence-corrected chi connectivity index (χ2v) is 5.90. The maximum atomic E-state index is 12.5. The van der Waals surface area contributed by atoms with Gasteiger partial charge < -0.3 is 10.0 Å². The van der Waals surface area contributed by atoms with Gasteiger partial charge in [-0.25, -0.2) is 0 Å². The number of carboxylic acid groups (broad SMARTS) is 1. The Hall–Kier alpha value is -1.55. The van der Waals surface area contributed by atoms with Crippen molar-refractivity contribution in [3.63, 3.8) is 0 Å². The highest BCUT2D eigenvalue weighted by Gasteiger charge is 2.32. The second-order valence-electron chi connectivity index (χ2n) is 5.52. The normalized spacial score (nSPS) is 22.6. The molecular weight excluding hydrogens is 278 g/mol. The summed E-state index contributed by atoms with van der Waals surface area (Å²) in [7, 11) is 0. The number of carboxylic acids is 1. The SMILES string of the molecule is Cc1cccc(C(=O)N2CC(C)CC(C(=O)O)C2)c1Cl. The van der Waals surface area contributed by atoms with Gasteiger partial charge in [0.15, 0.2) is 0 Å². The van der Waals surface area contributed by atoms with Crippen molar-refractivity contribution < 1.29 is 14.7 Å². The molecule has 1 aliphatic rings. The Morgan fingerprint density at radius 2 is 2.05 bits per heavy atom. The van der Waals surface area contributed by atoms with Gasteiger partial charge in [-0.05, 0) is 30.9 Å². The molecule has 20 heavy (non-hydrogen) atoms. The average molecular weight is 296 g/mol. The number of halogens is 1. The van der Waals surface area contributed by atoms with Gasteiger partial charge in [0, 0.05) is 13.1 Å². The van der Waals surface area contributed by atoms with E-state index in [2.05, 4.69) is 0 Å². The van der Waals surface area contributed by atoms with Gasteiger partial charge in [0.25, 0.3) is 5.91 Å². The highest BCUT2D eigenvalue weighted by atomic mass is 35.5. The summed E-state index contributed by atoms with van der Waals surface area (Å²) in [6.07, 6.45) is 0.612. The number of carbonyl (C=O) groups excluding carboxylic acids is 1. The Labute approximate surface area is 123 Å². The van der Waals surface area contributed by atoms with E-state index < -0.39 is 11.9 Å². The zero-order valence-electron chi connectivity index (χ0n) is 11.6. The third kappa shape index (κ3) is 2.96. The third-order valence-electron chi connectivity index (χ3n) is 3.72. The van der Waals surface area contributed by atoms with Crippen LogP contribution in [0.1, 0.15) is 29.3 Å². The molecule has 0 aromatic heterocycles. The molecule has 1 saturated heterocycles. The van der Waals surface area contributed by atoms with Gasteiger partial charge in [-0.1, -0.05) is 30.7 Å². The lowest BCUT2D eigenvalue weighted by Crippen LogP contribution is -2.45. The second kappa shape index (κ2) is 5.83. The van der Waals surface area contributed by atoms with Gasteiger partial charge in [-0.15, -0.1) is 0 Å². The van der Waals surface area contributed by atoms with Gasteiger partial charge >= 0.3 is 5.97 Å². The van der Waals surface area contributed by atoms with Crippen LogP contribution in [0.5, 0.6) is 0 Å². The number of aliphatic carboxylic acids is 1. The Bertz CT molecular complexity index is 544. The van der Waals surface area contributed by atoms with Crippen molar-refractivity contribution in [3.05, 3.63) is 34.3 Å². The fourth-order valence-corrected chi connectivity index (χ4v) is 2.89. The number of amides is 1. The lowest BCUT2D eigenvalue weighted by Gasteiger charge is -2.35. The predicted octanol–water partition coefficient (Wildman–Crippen LogP) is 2.83.